The zero-order valence-corrected chi connectivity index (χ0v) is 12.7. The zero-order valence-electron chi connectivity index (χ0n) is 12.7. The molecule has 2 aromatic heterocycles. The van der Waals surface area contributed by atoms with E-state index in [0.29, 0.717) is 11.2 Å². The highest BCUT2D eigenvalue weighted by atomic mass is 16.3. The van der Waals surface area contributed by atoms with Crippen LogP contribution in [0.5, 0.6) is 0 Å². The Hall–Kier alpha value is -3.14. The summed E-state index contributed by atoms with van der Waals surface area (Å²) in [6.07, 6.45) is 1.61. The van der Waals surface area contributed by atoms with E-state index in [1.165, 1.54) is 0 Å². The number of benzene rings is 2. The Labute approximate surface area is 133 Å². The van der Waals surface area contributed by atoms with E-state index in [9.17, 15) is 0 Å². The van der Waals surface area contributed by atoms with Crippen LogP contribution in [0.2, 0.25) is 0 Å². The monoisotopic (exact) mass is 301 g/mol. The molecule has 0 bridgehead atoms. The molecule has 0 amide bonds. The molecule has 0 spiro atoms. The van der Waals surface area contributed by atoms with Gasteiger partial charge in [-0.1, -0.05) is 60.7 Å². The standard InChI is InChI=1S/C19H15N3O/c1-22-12-21-19-16(18(22)20)15(13-8-4-2-5-9-13)17(23-19)14-10-6-3-7-11-14/h2-12,20H,1H3. The molecule has 23 heavy (non-hydrogen) atoms. The van der Waals surface area contributed by atoms with Gasteiger partial charge in [0, 0.05) is 18.2 Å². The third-order valence-corrected chi connectivity index (χ3v) is 3.93. The third kappa shape index (κ3) is 2.16. The summed E-state index contributed by atoms with van der Waals surface area (Å²) in [4.78, 5) is 4.35. The lowest BCUT2D eigenvalue weighted by atomic mass is 10.00. The summed E-state index contributed by atoms with van der Waals surface area (Å²) < 4.78 is 7.72. The van der Waals surface area contributed by atoms with E-state index in [1.54, 1.807) is 10.9 Å². The van der Waals surface area contributed by atoms with Crippen LogP contribution in [-0.2, 0) is 7.05 Å². The van der Waals surface area contributed by atoms with Crippen LogP contribution in [0.4, 0.5) is 0 Å². The first-order valence-corrected chi connectivity index (χ1v) is 7.39. The predicted molar refractivity (Wildman–Crippen MR) is 89.7 cm³/mol. The topological polar surface area (TPSA) is 54.8 Å². The molecule has 0 saturated carbocycles. The quantitative estimate of drug-likeness (QED) is 0.609. The highest BCUT2D eigenvalue weighted by Crippen LogP contribution is 2.38. The largest absolute Gasteiger partial charge is 0.437 e. The molecular formula is C19H15N3O. The average molecular weight is 301 g/mol. The lowest BCUT2D eigenvalue weighted by Crippen LogP contribution is -2.16. The molecule has 0 atom stereocenters. The van der Waals surface area contributed by atoms with Gasteiger partial charge in [0.05, 0.1) is 11.7 Å². The van der Waals surface area contributed by atoms with Gasteiger partial charge < -0.3 is 8.98 Å². The van der Waals surface area contributed by atoms with E-state index in [1.807, 2.05) is 67.7 Å². The minimum atomic E-state index is 0.389. The Bertz CT molecular complexity index is 1030. The van der Waals surface area contributed by atoms with E-state index in [0.717, 1.165) is 27.8 Å². The summed E-state index contributed by atoms with van der Waals surface area (Å²) in [7, 11) is 1.82. The molecule has 4 aromatic rings. The number of hydrogen-bond donors (Lipinski definition) is 1. The Balaban J connectivity index is 2.15. The fourth-order valence-corrected chi connectivity index (χ4v) is 2.78. The van der Waals surface area contributed by atoms with Crippen LogP contribution in [-0.4, -0.2) is 9.55 Å². The summed E-state index contributed by atoms with van der Waals surface area (Å²) in [6, 6.07) is 20.0. The van der Waals surface area contributed by atoms with Gasteiger partial charge in [-0.2, -0.15) is 0 Å². The molecule has 0 radical (unpaired) electrons. The van der Waals surface area contributed by atoms with Crippen molar-refractivity contribution in [2.45, 2.75) is 0 Å². The predicted octanol–water partition coefficient (Wildman–Crippen LogP) is 3.98. The molecule has 4 heteroatoms. The normalized spacial score (nSPS) is 11.0. The first-order valence-electron chi connectivity index (χ1n) is 7.39. The number of nitrogens with one attached hydrogen (secondary N) is 1. The maximum Gasteiger partial charge on any atom is 0.232 e. The number of aromatic nitrogens is 2. The minimum absolute atomic E-state index is 0.389. The fraction of sp³-hybridized carbons (Fsp3) is 0.0526. The molecule has 1 N–H and O–H groups in total. The highest BCUT2D eigenvalue weighted by Gasteiger charge is 2.20. The van der Waals surface area contributed by atoms with Crippen molar-refractivity contribution in [1.82, 2.24) is 9.55 Å². The first kappa shape index (κ1) is 13.5. The van der Waals surface area contributed by atoms with E-state index >= 15 is 0 Å². The van der Waals surface area contributed by atoms with Crippen molar-refractivity contribution >= 4 is 11.1 Å². The Morgan fingerprint density at radius 2 is 1.52 bits per heavy atom. The number of fused-ring (bicyclic) bond motifs is 1. The van der Waals surface area contributed by atoms with Crippen molar-refractivity contribution in [3.05, 3.63) is 72.5 Å². The third-order valence-electron chi connectivity index (χ3n) is 3.93. The van der Waals surface area contributed by atoms with Gasteiger partial charge in [0.2, 0.25) is 5.71 Å². The second kappa shape index (κ2) is 5.25. The van der Waals surface area contributed by atoms with E-state index in [2.05, 4.69) is 4.98 Å². The van der Waals surface area contributed by atoms with Gasteiger partial charge in [0.25, 0.3) is 0 Å². The van der Waals surface area contributed by atoms with Gasteiger partial charge in [-0.3, -0.25) is 5.41 Å². The molecule has 0 aliphatic carbocycles. The maximum atomic E-state index is 8.42. The molecule has 4 rings (SSSR count). The molecular weight excluding hydrogens is 286 g/mol. The van der Waals surface area contributed by atoms with Crippen molar-refractivity contribution < 1.29 is 4.42 Å². The summed E-state index contributed by atoms with van der Waals surface area (Å²) >= 11 is 0. The number of furan rings is 1. The molecule has 0 aliphatic rings. The summed E-state index contributed by atoms with van der Waals surface area (Å²) in [5, 5.41) is 9.15. The average Bonchev–Trinajstić information content (AvgIpc) is 3.00. The molecule has 0 aliphatic heterocycles. The lowest BCUT2D eigenvalue weighted by Gasteiger charge is -2.04. The second-order valence-corrected chi connectivity index (χ2v) is 5.42. The van der Waals surface area contributed by atoms with Crippen LogP contribution in [0, 0.1) is 5.41 Å². The van der Waals surface area contributed by atoms with Crippen molar-refractivity contribution in [2.75, 3.05) is 0 Å². The minimum Gasteiger partial charge on any atom is -0.437 e. The second-order valence-electron chi connectivity index (χ2n) is 5.42. The first-order chi connectivity index (χ1) is 11.3. The van der Waals surface area contributed by atoms with Crippen molar-refractivity contribution in [3.63, 3.8) is 0 Å². The van der Waals surface area contributed by atoms with Gasteiger partial charge in [0.1, 0.15) is 11.2 Å². The van der Waals surface area contributed by atoms with Gasteiger partial charge in [0.15, 0.2) is 0 Å². The van der Waals surface area contributed by atoms with Crippen LogP contribution in [0.15, 0.2) is 71.4 Å². The zero-order chi connectivity index (χ0) is 15.8. The fourth-order valence-electron chi connectivity index (χ4n) is 2.78. The number of rotatable bonds is 2. The summed E-state index contributed by atoms with van der Waals surface area (Å²) in [5.41, 5.74) is 3.80. The van der Waals surface area contributed by atoms with Gasteiger partial charge in [-0.25, -0.2) is 4.98 Å². The molecule has 0 fully saturated rings. The molecule has 2 aromatic carbocycles. The summed E-state index contributed by atoms with van der Waals surface area (Å²) in [5.74, 6) is 0.749. The van der Waals surface area contributed by atoms with E-state index in [-0.39, 0.29) is 0 Å². The molecule has 0 saturated heterocycles. The SMILES string of the molecule is Cn1cnc2oc(-c3ccccc3)c(-c3ccccc3)c2c1=N. The van der Waals surface area contributed by atoms with Crippen LogP contribution in [0.3, 0.4) is 0 Å². The van der Waals surface area contributed by atoms with Crippen LogP contribution < -0.4 is 5.49 Å². The van der Waals surface area contributed by atoms with E-state index in [4.69, 9.17) is 9.83 Å². The van der Waals surface area contributed by atoms with Crippen LogP contribution in [0.25, 0.3) is 33.6 Å². The highest BCUT2D eigenvalue weighted by molar-refractivity contribution is 5.99. The number of nitrogens with zero attached hydrogens (tertiary/aromatic N) is 2. The maximum absolute atomic E-state index is 8.42. The Kier molecular flexibility index (Phi) is 3.08. The smallest absolute Gasteiger partial charge is 0.232 e. The molecule has 2 heterocycles. The van der Waals surface area contributed by atoms with Gasteiger partial charge in [-0.15, -0.1) is 0 Å². The van der Waals surface area contributed by atoms with Gasteiger partial charge in [-0.05, 0) is 5.56 Å². The molecule has 4 nitrogen and oxygen atoms in total. The Morgan fingerprint density at radius 3 is 2.17 bits per heavy atom. The van der Waals surface area contributed by atoms with Crippen molar-refractivity contribution in [1.29, 1.82) is 5.41 Å². The van der Waals surface area contributed by atoms with Crippen LogP contribution in [0.1, 0.15) is 0 Å². The van der Waals surface area contributed by atoms with Gasteiger partial charge >= 0.3 is 0 Å². The number of aryl methyl sites for hydroxylation is 1. The lowest BCUT2D eigenvalue weighted by molar-refractivity contribution is 0.614. The van der Waals surface area contributed by atoms with Crippen LogP contribution >= 0.6 is 0 Å². The molecule has 112 valence electrons. The number of hydrogen-bond acceptors (Lipinski definition) is 3. The molecule has 0 unspecified atom stereocenters. The van der Waals surface area contributed by atoms with Crippen molar-refractivity contribution in [2.24, 2.45) is 7.05 Å². The summed E-state index contributed by atoms with van der Waals surface area (Å²) in [6.45, 7) is 0. The Morgan fingerprint density at radius 1 is 0.913 bits per heavy atom. The van der Waals surface area contributed by atoms with E-state index < -0.39 is 0 Å². The van der Waals surface area contributed by atoms with Crippen molar-refractivity contribution in [3.8, 4) is 22.5 Å².